The van der Waals surface area contributed by atoms with Crippen molar-refractivity contribution in [2.45, 2.75) is 45.8 Å². The zero-order valence-corrected chi connectivity index (χ0v) is 13.7. The highest BCUT2D eigenvalue weighted by Gasteiger charge is 2.12. The molecule has 0 aliphatic rings. The minimum Gasteiger partial charge on any atom is -0.483 e. The van der Waals surface area contributed by atoms with Crippen molar-refractivity contribution in [2.24, 2.45) is 0 Å². The van der Waals surface area contributed by atoms with Gasteiger partial charge in [0.2, 0.25) is 0 Å². The summed E-state index contributed by atoms with van der Waals surface area (Å²) in [7, 11) is 0. The second kappa shape index (κ2) is 8.27. The number of amides is 1. The Labute approximate surface area is 128 Å². The molecule has 0 heterocycles. The zero-order valence-electron chi connectivity index (χ0n) is 12.1. The van der Waals surface area contributed by atoms with Crippen LogP contribution in [0.15, 0.2) is 22.7 Å². The van der Waals surface area contributed by atoms with E-state index in [1.165, 1.54) is 0 Å². The molecule has 5 heteroatoms. The molecule has 1 unspecified atom stereocenters. The molecule has 0 bridgehead atoms. The first-order valence-corrected chi connectivity index (χ1v) is 7.63. The number of carbonyl (C=O) groups is 1. The highest BCUT2D eigenvalue weighted by atomic mass is 79.9. The van der Waals surface area contributed by atoms with E-state index in [4.69, 9.17) is 4.74 Å². The van der Waals surface area contributed by atoms with Crippen LogP contribution < -0.4 is 10.1 Å². The van der Waals surface area contributed by atoms with E-state index in [1.807, 2.05) is 13.0 Å². The molecule has 0 radical (unpaired) electrons. The van der Waals surface area contributed by atoms with Gasteiger partial charge in [-0.25, -0.2) is 0 Å². The molecule has 0 aliphatic heterocycles. The molecule has 20 heavy (non-hydrogen) atoms. The summed E-state index contributed by atoms with van der Waals surface area (Å²) in [6.45, 7) is 5.67. The van der Waals surface area contributed by atoms with Crippen LogP contribution in [0.25, 0.3) is 0 Å². The molecule has 1 amide bonds. The number of hydrogen-bond acceptors (Lipinski definition) is 3. The first kappa shape index (κ1) is 17.0. The number of aliphatic hydroxyl groups excluding tert-OH is 1. The Kier molecular flexibility index (Phi) is 7.02. The lowest BCUT2D eigenvalue weighted by molar-refractivity contribution is -0.123. The van der Waals surface area contributed by atoms with E-state index in [-0.39, 0.29) is 18.6 Å². The molecule has 0 aromatic heterocycles. The maximum atomic E-state index is 11.8. The SMILES string of the molecule is CCCC(C)NC(=O)COc1cc(Br)ccc1[C@@H](C)O. The van der Waals surface area contributed by atoms with Crippen LogP contribution in [-0.4, -0.2) is 23.7 Å². The van der Waals surface area contributed by atoms with Gasteiger partial charge in [0, 0.05) is 16.1 Å². The third-order valence-electron chi connectivity index (χ3n) is 2.91. The minimum absolute atomic E-state index is 0.0514. The molecule has 2 atom stereocenters. The Hall–Kier alpha value is -1.07. The Morgan fingerprint density at radius 3 is 2.75 bits per heavy atom. The van der Waals surface area contributed by atoms with Crippen molar-refractivity contribution < 1.29 is 14.6 Å². The normalized spacial score (nSPS) is 13.7. The summed E-state index contributed by atoms with van der Waals surface area (Å²) < 4.78 is 6.36. The van der Waals surface area contributed by atoms with Gasteiger partial charge in [0.1, 0.15) is 5.75 Å². The van der Waals surface area contributed by atoms with E-state index in [0.29, 0.717) is 11.3 Å². The number of hydrogen-bond donors (Lipinski definition) is 2. The molecular formula is C15H22BrNO3. The molecule has 0 aliphatic carbocycles. The summed E-state index contributed by atoms with van der Waals surface area (Å²) in [5.41, 5.74) is 0.669. The maximum absolute atomic E-state index is 11.8. The monoisotopic (exact) mass is 343 g/mol. The summed E-state index contributed by atoms with van der Waals surface area (Å²) in [5.74, 6) is 0.370. The highest BCUT2D eigenvalue weighted by molar-refractivity contribution is 9.10. The van der Waals surface area contributed by atoms with E-state index in [1.54, 1.807) is 19.1 Å². The van der Waals surface area contributed by atoms with Gasteiger partial charge in [-0.15, -0.1) is 0 Å². The molecule has 1 rings (SSSR count). The first-order chi connectivity index (χ1) is 9.43. The number of aliphatic hydroxyl groups is 1. The Balaban J connectivity index is 2.61. The molecule has 2 N–H and O–H groups in total. The Morgan fingerprint density at radius 1 is 1.45 bits per heavy atom. The van der Waals surface area contributed by atoms with E-state index < -0.39 is 6.10 Å². The summed E-state index contributed by atoms with van der Waals surface area (Å²) in [4.78, 5) is 11.8. The van der Waals surface area contributed by atoms with Crippen molar-refractivity contribution in [2.75, 3.05) is 6.61 Å². The largest absolute Gasteiger partial charge is 0.483 e. The predicted molar refractivity (Wildman–Crippen MR) is 82.8 cm³/mol. The minimum atomic E-state index is -0.639. The number of carbonyl (C=O) groups excluding carboxylic acids is 1. The van der Waals surface area contributed by atoms with Crippen molar-refractivity contribution in [1.29, 1.82) is 0 Å². The molecule has 1 aromatic rings. The van der Waals surface area contributed by atoms with Gasteiger partial charge in [-0.3, -0.25) is 4.79 Å². The van der Waals surface area contributed by atoms with E-state index in [9.17, 15) is 9.90 Å². The fourth-order valence-corrected chi connectivity index (χ4v) is 2.28. The lowest BCUT2D eigenvalue weighted by atomic mass is 10.1. The van der Waals surface area contributed by atoms with Gasteiger partial charge in [-0.1, -0.05) is 35.3 Å². The fourth-order valence-electron chi connectivity index (χ4n) is 1.94. The third-order valence-corrected chi connectivity index (χ3v) is 3.41. The number of nitrogens with one attached hydrogen (secondary N) is 1. The molecule has 0 fully saturated rings. The van der Waals surface area contributed by atoms with Gasteiger partial charge in [0.15, 0.2) is 6.61 Å². The highest BCUT2D eigenvalue weighted by Crippen LogP contribution is 2.28. The molecule has 0 saturated heterocycles. The smallest absolute Gasteiger partial charge is 0.258 e. The topological polar surface area (TPSA) is 58.6 Å². The van der Waals surface area contributed by atoms with Crippen LogP contribution in [0.5, 0.6) is 5.75 Å². The first-order valence-electron chi connectivity index (χ1n) is 6.83. The van der Waals surface area contributed by atoms with Crippen molar-refractivity contribution in [1.82, 2.24) is 5.32 Å². The number of halogens is 1. The van der Waals surface area contributed by atoms with Crippen LogP contribution in [0, 0.1) is 0 Å². The second-order valence-electron chi connectivity index (χ2n) is 4.90. The van der Waals surface area contributed by atoms with E-state index >= 15 is 0 Å². The van der Waals surface area contributed by atoms with Crippen LogP contribution in [-0.2, 0) is 4.79 Å². The summed E-state index contributed by atoms with van der Waals surface area (Å²) in [6.07, 6.45) is 1.34. The van der Waals surface area contributed by atoms with Crippen LogP contribution in [0.4, 0.5) is 0 Å². The van der Waals surface area contributed by atoms with E-state index in [0.717, 1.165) is 17.3 Å². The zero-order chi connectivity index (χ0) is 15.1. The standard InChI is InChI=1S/C15H22BrNO3/c1-4-5-10(2)17-15(19)9-20-14-8-12(16)6-7-13(14)11(3)18/h6-8,10-11,18H,4-5,9H2,1-3H3,(H,17,19)/t10?,11-/m1/s1. The average Bonchev–Trinajstić information content (AvgIpc) is 2.36. The van der Waals surface area contributed by atoms with Crippen molar-refractivity contribution >= 4 is 21.8 Å². The number of rotatable bonds is 7. The Bertz CT molecular complexity index is 449. The summed E-state index contributed by atoms with van der Waals surface area (Å²) in [5, 5.41) is 12.6. The van der Waals surface area contributed by atoms with Gasteiger partial charge in [-0.2, -0.15) is 0 Å². The van der Waals surface area contributed by atoms with Gasteiger partial charge < -0.3 is 15.2 Å². The molecule has 0 spiro atoms. The van der Waals surface area contributed by atoms with Gasteiger partial charge in [0.05, 0.1) is 6.10 Å². The molecule has 112 valence electrons. The molecule has 1 aromatic carbocycles. The lowest BCUT2D eigenvalue weighted by Crippen LogP contribution is -2.36. The summed E-state index contributed by atoms with van der Waals surface area (Å²) >= 11 is 3.35. The number of benzene rings is 1. The Morgan fingerprint density at radius 2 is 2.15 bits per heavy atom. The van der Waals surface area contributed by atoms with Crippen LogP contribution in [0.1, 0.15) is 45.3 Å². The van der Waals surface area contributed by atoms with Crippen LogP contribution in [0.3, 0.4) is 0 Å². The van der Waals surface area contributed by atoms with Gasteiger partial charge >= 0.3 is 0 Å². The van der Waals surface area contributed by atoms with Crippen LogP contribution in [0.2, 0.25) is 0 Å². The predicted octanol–water partition coefficient (Wildman–Crippen LogP) is 3.19. The van der Waals surface area contributed by atoms with Crippen molar-refractivity contribution in [3.63, 3.8) is 0 Å². The third kappa shape index (κ3) is 5.51. The molecule has 0 saturated carbocycles. The maximum Gasteiger partial charge on any atom is 0.258 e. The van der Waals surface area contributed by atoms with Gasteiger partial charge in [-0.05, 0) is 32.4 Å². The number of ether oxygens (including phenoxy) is 1. The van der Waals surface area contributed by atoms with E-state index in [2.05, 4.69) is 28.2 Å². The molecular weight excluding hydrogens is 322 g/mol. The average molecular weight is 344 g/mol. The quantitative estimate of drug-likeness (QED) is 0.799. The van der Waals surface area contributed by atoms with Crippen LogP contribution >= 0.6 is 15.9 Å². The fraction of sp³-hybridized carbons (Fsp3) is 0.533. The van der Waals surface area contributed by atoms with Crippen molar-refractivity contribution in [3.05, 3.63) is 28.2 Å². The lowest BCUT2D eigenvalue weighted by Gasteiger charge is -2.16. The van der Waals surface area contributed by atoms with Crippen molar-refractivity contribution in [3.8, 4) is 5.75 Å². The second-order valence-corrected chi connectivity index (χ2v) is 5.82. The summed E-state index contributed by atoms with van der Waals surface area (Å²) in [6, 6.07) is 5.51. The molecule has 4 nitrogen and oxygen atoms in total. The van der Waals surface area contributed by atoms with Gasteiger partial charge in [0.25, 0.3) is 5.91 Å².